The third-order valence-electron chi connectivity index (χ3n) is 16.1. The molecule has 16 nitrogen and oxygen atoms in total. The van der Waals surface area contributed by atoms with Crippen molar-refractivity contribution in [2.75, 3.05) is 114 Å². The zero-order valence-corrected chi connectivity index (χ0v) is 47.4. The summed E-state index contributed by atoms with van der Waals surface area (Å²) < 4.78 is 29.1. The summed E-state index contributed by atoms with van der Waals surface area (Å²) in [7, 11) is 2.19. The SMILES string of the molecule is C=C1CCC(N2Cc3c(NC(=O)CCOCCOCCOCCOCCN4CCN(C5CCC(CN(C)c6ccc(N7C(=O)Cc8cc(C)c(OC(C)C)cc8[C@@H]7c7ccc(Cl)cc7)cc6)CC5)CC4)cccc3C2=O)C(=O)N1. The van der Waals surface area contributed by atoms with E-state index < -0.39 is 6.04 Å². The van der Waals surface area contributed by atoms with E-state index in [0.717, 1.165) is 78.6 Å². The molecule has 2 N–H and O–H groups in total. The number of amides is 4. The summed E-state index contributed by atoms with van der Waals surface area (Å²) >= 11 is 6.34. The number of hydrogen-bond donors (Lipinski definition) is 2. The number of halogens is 1. The Kier molecular flexibility index (Phi) is 20.2. The topological polar surface area (TPSA) is 155 Å². The highest BCUT2D eigenvalue weighted by molar-refractivity contribution is 6.30. The van der Waals surface area contributed by atoms with Crippen LogP contribution in [-0.2, 0) is 46.3 Å². The molecule has 3 fully saturated rings. The van der Waals surface area contributed by atoms with Crippen molar-refractivity contribution in [3.05, 3.63) is 130 Å². The van der Waals surface area contributed by atoms with Gasteiger partial charge in [-0.05, 0) is 142 Å². The van der Waals surface area contributed by atoms with Gasteiger partial charge in [0.05, 0.1) is 77.8 Å². The van der Waals surface area contributed by atoms with Gasteiger partial charge in [0.1, 0.15) is 11.8 Å². The molecule has 0 radical (unpaired) electrons. The van der Waals surface area contributed by atoms with Gasteiger partial charge in [0.15, 0.2) is 0 Å². The predicted octanol–water partition coefficient (Wildman–Crippen LogP) is 8.57. The van der Waals surface area contributed by atoms with E-state index in [0.29, 0.717) is 105 Å². The number of benzene rings is 4. The van der Waals surface area contributed by atoms with Crippen LogP contribution in [0.2, 0.25) is 5.02 Å². The number of nitrogens with zero attached hydrogens (tertiary/aromatic N) is 5. The van der Waals surface area contributed by atoms with Crippen LogP contribution in [0.1, 0.15) is 103 Å². The largest absolute Gasteiger partial charge is 0.491 e. The molecule has 5 aliphatic rings. The predicted molar refractivity (Wildman–Crippen MR) is 308 cm³/mol. The molecule has 4 aliphatic heterocycles. The number of piperazine rings is 1. The van der Waals surface area contributed by atoms with E-state index in [-0.39, 0.29) is 55.3 Å². The third kappa shape index (κ3) is 14.9. The lowest BCUT2D eigenvalue weighted by atomic mass is 9.84. The number of carbonyl (C=O) groups is 4. The van der Waals surface area contributed by atoms with Crippen LogP contribution in [-0.4, -0.2) is 156 Å². The number of ether oxygens (including phenoxy) is 5. The number of hydrogen-bond acceptors (Lipinski definition) is 12. The molecular formula is C62H80ClN7O9. The molecule has 2 atom stereocenters. The van der Waals surface area contributed by atoms with Gasteiger partial charge in [-0.2, -0.15) is 0 Å². The highest BCUT2D eigenvalue weighted by Crippen LogP contribution is 2.43. The number of carbonyl (C=O) groups excluding carboxylic acids is 4. The van der Waals surface area contributed by atoms with E-state index in [1.165, 1.54) is 25.7 Å². The second-order valence-corrected chi connectivity index (χ2v) is 22.4. The Hall–Kier alpha value is -5.85. The third-order valence-corrected chi connectivity index (χ3v) is 16.4. The van der Waals surface area contributed by atoms with Crippen LogP contribution in [0.15, 0.2) is 91.1 Å². The molecule has 1 unspecified atom stereocenters. The van der Waals surface area contributed by atoms with Crippen LogP contribution in [0.4, 0.5) is 17.1 Å². The summed E-state index contributed by atoms with van der Waals surface area (Å²) in [6.45, 7) is 20.1. The normalized spacial score (nSPS) is 20.8. The van der Waals surface area contributed by atoms with Crippen LogP contribution in [0.5, 0.6) is 5.75 Å². The smallest absolute Gasteiger partial charge is 0.255 e. The van der Waals surface area contributed by atoms with Gasteiger partial charge in [0, 0.05) is 97.8 Å². The summed E-state index contributed by atoms with van der Waals surface area (Å²) in [6.07, 6.45) is 6.59. The molecule has 17 heteroatoms. The number of aryl methyl sites for hydroxylation is 1. The van der Waals surface area contributed by atoms with Crippen molar-refractivity contribution in [2.45, 2.75) is 103 Å². The van der Waals surface area contributed by atoms with Crippen molar-refractivity contribution in [3.63, 3.8) is 0 Å². The van der Waals surface area contributed by atoms with Crippen molar-refractivity contribution in [2.24, 2.45) is 5.92 Å². The minimum atomic E-state index is -0.561. The quantitative estimate of drug-likeness (QED) is 0.0612. The molecule has 4 heterocycles. The van der Waals surface area contributed by atoms with E-state index in [2.05, 4.69) is 75.4 Å². The first-order valence-corrected chi connectivity index (χ1v) is 28.8. The number of piperidine rings is 1. The molecule has 4 aromatic carbocycles. The van der Waals surface area contributed by atoms with Gasteiger partial charge in [0.2, 0.25) is 17.7 Å². The summed E-state index contributed by atoms with van der Waals surface area (Å²) in [5, 5.41) is 6.33. The van der Waals surface area contributed by atoms with Crippen LogP contribution >= 0.6 is 11.6 Å². The van der Waals surface area contributed by atoms with E-state index in [9.17, 15) is 19.2 Å². The lowest BCUT2D eigenvalue weighted by Crippen LogP contribution is -2.51. The molecule has 1 saturated carbocycles. The summed E-state index contributed by atoms with van der Waals surface area (Å²) in [4.78, 5) is 63.6. The average molecular weight is 1100 g/mol. The molecule has 9 rings (SSSR count). The Morgan fingerprint density at radius 3 is 2.16 bits per heavy atom. The Bertz CT molecular complexity index is 2740. The Morgan fingerprint density at radius 1 is 0.823 bits per heavy atom. The first kappa shape index (κ1) is 57.8. The maximum Gasteiger partial charge on any atom is 0.255 e. The van der Waals surface area contributed by atoms with Crippen molar-refractivity contribution in [1.82, 2.24) is 20.0 Å². The minimum absolute atomic E-state index is 0.0356. The van der Waals surface area contributed by atoms with Gasteiger partial charge in [-0.15, -0.1) is 0 Å². The maximum absolute atomic E-state index is 14.1. The van der Waals surface area contributed by atoms with E-state index in [1.807, 2.05) is 49.9 Å². The lowest BCUT2D eigenvalue weighted by molar-refractivity contribution is -0.126. The maximum atomic E-state index is 14.1. The van der Waals surface area contributed by atoms with Gasteiger partial charge in [-0.3, -0.25) is 29.0 Å². The standard InChI is InChI=1S/C62H80ClN7O9/c1-42(2)79-57-39-53-47(37-43(57)3)38-59(72)70(60(53)46-12-14-48(63)15-13-46)51-20-18-49(19-21-51)66(5)40-45-10-16-50(17-11-45)68-26-24-67(25-27-68)28-30-76-32-34-78-36-35-77-33-31-75-29-23-58(71)65-55-8-6-7-52-54(55)41-69(62(52)74)56-22-9-44(4)64-61(56)73/h6-8,12-15,18-21,37,39,42,45,50,56,60H,4,9-11,16-17,22-36,38,40-41H2,1-3,5H3,(H,64,73)(H,65,71)/t45?,50?,56?,60-/m0/s1. The van der Waals surface area contributed by atoms with Crippen molar-refractivity contribution in [1.29, 1.82) is 0 Å². The van der Waals surface area contributed by atoms with Crippen LogP contribution in [0, 0.1) is 12.8 Å². The monoisotopic (exact) mass is 1100 g/mol. The summed E-state index contributed by atoms with van der Waals surface area (Å²) in [5.41, 5.74) is 8.64. The fraction of sp³-hybridized carbons (Fsp3) is 0.516. The van der Waals surface area contributed by atoms with Crippen LogP contribution in [0.25, 0.3) is 0 Å². The molecule has 0 aromatic heterocycles. The molecule has 4 amide bonds. The first-order chi connectivity index (χ1) is 38.3. The van der Waals surface area contributed by atoms with Crippen LogP contribution in [0.3, 0.4) is 0 Å². The summed E-state index contributed by atoms with van der Waals surface area (Å²) in [6, 6.07) is 25.6. The molecular weight excluding hydrogens is 1020 g/mol. The van der Waals surface area contributed by atoms with Gasteiger partial charge < -0.3 is 49.0 Å². The molecule has 0 spiro atoms. The second-order valence-electron chi connectivity index (χ2n) is 22.0. The fourth-order valence-corrected chi connectivity index (χ4v) is 12.0. The molecule has 1 aliphatic carbocycles. The molecule has 4 aromatic rings. The van der Waals surface area contributed by atoms with Gasteiger partial charge in [0.25, 0.3) is 5.91 Å². The number of rotatable bonds is 25. The molecule has 2 saturated heterocycles. The van der Waals surface area contributed by atoms with E-state index >= 15 is 0 Å². The first-order valence-electron chi connectivity index (χ1n) is 28.5. The highest BCUT2D eigenvalue weighted by Gasteiger charge is 2.40. The molecule has 0 bridgehead atoms. The zero-order valence-electron chi connectivity index (χ0n) is 46.7. The van der Waals surface area contributed by atoms with Gasteiger partial charge >= 0.3 is 0 Å². The average Bonchev–Trinajstić information content (AvgIpc) is 4.01. The number of nitrogens with one attached hydrogen (secondary N) is 2. The Labute approximate surface area is 471 Å². The number of allylic oxidation sites excluding steroid dienone is 1. The Morgan fingerprint density at radius 2 is 1.49 bits per heavy atom. The van der Waals surface area contributed by atoms with Crippen molar-refractivity contribution in [3.8, 4) is 5.75 Å². The van der Waals surface area contributed by atoms with E-state index in [1.54, 1.807) is 23.1 Å². The zero-order chi connectivity index (χ0) is 55.4. The molecule has 79 heavy (non-hydrogen) atoms. The number of anilines is 3. The van der Waals surface area contributed by atoms with Crippen molar-refractivity contribution >= 4 is 52.3 Å². The highest BCUT2D eigenvalue weighted by atomic mass is 35.5. The van der Waals surface area contributed by atoms with Crippen molar-refractivity contribution < 1.29 is 42.9 Å². The van der Waals surface area contributed by atoms with Crippen LogP contribution < -0.4 is 25.2 Å². The Balaban J connectivity index is 0.596. The summed E-state index contributed by atoms with van der Waals surface area (Å²) in [5.74, 6) is 0.909. The molecule has 424 valence electrons. The lowest BCUT2D eigenvalue weighted by Gasteiger charge is -2.42. The van der Waals surface area contributed by atoms with E-state index in [4.69, 9.17) is 35.3 Å². The minimum Gasteiger partial charge on any atom is -0.491 e. The second kappa shape index (κ2) is 27.5. The van der Waals surface area contributed by atoms with Gasteiger partial charge in [-0.1, -0.05) is 42.4 Å². The fourth-order valence-electron chi connectivity index (χ4n) is 11.9. The van der Waals surface area contributed by atoms with Gasteiger partial charge in [-0.25, -0.2) is 0 Å². The number of fused-ring (bicyclic) bond motifs is 2.